The molecular formula is C23H26N+. The van der Waals surface area contributed by atoms with Crippen LogP contribution >= 0.6 is 0 Å². The maximum atomic E-state index is 2.32. The maximum absolute atomic E-state index is 2.32. The topological polar surface area (TPSA) is 3.88 Å². The molecule has 2 aromatic carbocycles. The summed E-state index contributed by atoms with van der Waals surface area (Å²) in [6.45, 7) is 11.0. The van der Waals surface area contributed by atoms with Crippen LogP contribution in [0, 0.1) is 34.6 Å². The lowest BCUT2D eigenvalue weighted by molar-refractivity contribution is -0.660. The molecule has 0 N–H and O–H groups in total. The zero-order chi connectivity index (χ0) is 17.4. The molecule has 122 valence electrons. The van der Waals surface area contributed by atoms with Gasteiger partial charge in [0.25, 0.3) is 0 Å². The lowest BCUT2D eigenvalue weighted by atomic mass is 9.86. The van der Waals surface area contributed by atoms with Gasteiger partial charge in [0.2, 0.25) is 5.69 Å². The van der Waals surface area contributed by atoms with Gasteiger partial charge in [-0.3, -0.25) is 0 Å². The van der Waals surface area contributed by atoms with E-state index in [1.165, 1.54) is 50.2 Å². The van der Waals surface area contributed by atoms with E-state index >= 15 is 0 Å². The van der Waals surface area contributed by atoms with Crippen LogP contribution in [0.25, 0.3) is 22.4 Å². The number of nitrogens with zero attached hydrogens (tertiary/aromatic N) is 1. The van der Waals surface area contributed by atoms with Crippen molar-refractivity contribution >= 4 is 0 Å². The van der Waals surface area contributed by atoms with E-state index in [1.807, 2.05) is 0 Å². The van der Waals surface area contributed by atoms with E-state index in [9.17, 15) is 0 Å². The summed E-state index contributed by atoms with van der Waals surface area (Å²) in [5.74, 6) is 0. The Bertz CT molecular complexity index is 920. The standard InChI is InChI=1S/C23H26N/c1-15-11-12-21(24(6)14-15)23-18(4)13-17(3)22(19(23)5)20-10-8-7-9-16(20)2/h7-14H,1-6H3/q+1. The molecule has 0 saturated carbocycles. The quantitative estimate of drug-likeness (QED) is 0.558. The Kier molecular flexibility index (Phi) is 4.28. The fraction of sp³-hybridized carbons (Fsp3) is 0.261. The first-order valence-electron chi connectivity index (χ1n) is 8.53. The highest BCUT2D eigenvalue weighted by Crippen LogP contribution is 2.37. The molecule has 0 fully saturated rings. The van der Waals surface area contributed by atoms with E-state index in [4.69, 9.17) is 0 Å². The molecule has 24 heavy (non-hydrogen) atoms. The first-order valence-corrected chi connectivity index (χ1v) is 8.53. The van der Waals surface area contributed by atoms with Crippen molar-refractivity contribution in [3.05, 3.63) is 76.5 Å². The number of rotatable bonds is 2. The van der Waals surface area contributed by atoms with Gasteiger partial charge in [0.05, 0.1) is 5.56 Å². The molecule has 0 bridgehead atoms. The average Bonchev–Trinajstić information content (AvgIpc) is 2.51. The molecule has 0 aliphatic heterocycles. The van der Waals surface area contributed by atoms with E-state index in [0.29, 0.717) is 0 Å². The third kappa shape index (κ3) is 2.75. The Morgan fingerprint density at radius 3 is 2.04 bits per heavy atom. The molecule has 3 aromatic rings. The zero-order valence-corrected chi connectivity index (χ0v) is 15.6. The molecule has 1 aromatic heterocycles. The lowest BCUT2D eigenvalue weighted by Gasteiger charge is -2.18. The van der Waals surface area contributed by atoms with Crippen LogP contribution in [0.5, 0.6) is 0 Å². The summed E-state index contributed by atoms with van der Waals surface area (Å²) in [7, 11) is 2.13. The van der Waals surface area contributed by atoms with Crippen molar-refractivity contribution in [2.75, 3.05) is 0 Å². The predicted octanol–water partition coefficient (Wildman–Crippen LogP) is 5.39. The maximum Gasteiger partial charge on any atom is 0.212 e. The van der Waals surface area contributed by atoms with Crippen LogP contribution in [0.15, 0.2) is 48.7 Å². The van der Waals surface area contributed by atoms with Gasteiger partial charge in [-0.25, -0.2) is 4.57 Å². The minimum Gasteiger partial charge on any atom is -0.201 e. The molecule has 0 amide bonds. The third-order valence-corrected chi connectivity index (χ3v) is 4.92. The van der Waals surface area contributed by atoms with E-state index < -0.39 is 0 Å². The minimum absolute atomic E-state index is 1.27. The SMILES string of the molecule is Cc1ccc(-c2c(C)cc(C)c(-c3ccccc3C)c2C)[n+](C)c1. The molecule has 0 spiro atoms. The van der Waals surface area contributed by atoms with Crippen molar-refractivity contribution in [1.29, 1.82) is 0 Å². The molecule has 1 heterocycles. The normalized spacial score (nSPS) is 10.9. The summed E-state index contributed by atoms with van der Waals surface area (Å²) in [5, 5.41) is 0. The second-order valence-corrected chi connectivity index (χ2v) is 6.90. The monoisotopic (exact) mass is 316 g/mol. The Morgan fingerprint density at radius 2 is 1.38 bits per heavy atom. The number of aromatic nitrogens is 1. The fourth-order valence-corrected chi connectivity index (χ4v) is 3.85. The molecule has 1 heteroatoms. The summed E-state index contributed by atoms with van der Waals surface area (Å²) < 4.78 is 2.24. The van der Waals surface area contributed by atoms with Crippen LogP contribution in [-0.2, 0) is 7.05 Å². The molecule has 0 unspecified atom stereocenters. The van der Waals surface area contributed by atoms with Gasteiger partial charge in [-0.05, 0) is 74.1 Å². The number of hydrogen-bond acceptors (Lipinski definition) is 0. The lowest BCUT2D eigenvalue weighted by Crippen LogP contribution is -2.31. The summed E-state index contributed by atoms with van der Waals surface area (Å²) in [6, 6.07) is 15.4. The van der Waals surface area contributed by atoms with E-state index in [1.54, 1.807) is 0 Å². The molecule has 0 radical (unpaired) electrons. The van der Waals surface area contributed by atoms with Gasteiger partial charge in [0, 0.05) is 11.6 Å². The Morgan fingerprint density at radius 1 is 0.708 bits per heavy atom. The third-order valence-electron chi connectivity index (χ3n) is 4.92. The predicted molar refractivity (Wildman–Crippen MR) is 102 cm³/mol. The summed E-state index contributed by atoms with van der Waals surface area (Å²) in [6.07, 6.45) is 2.20. The van der Waals surface area contributed by atoms with Gasteiger partial charge < -0.3 is 0 Å². The summed E-state index contributed by atoms with van der Waals surface area (Å²) >= 11 is 0. The van der Waals surface area contributed by atoms with Crippen LogP contribution in [0.2, 0.25) is 0 Å². The minimum atomic E-state index is 1.27. The van der Waals surface area contributed by atoms with E-state index in [0.717, 1.165) is 0 Å². The first kappa shape index (κ1) is 16.4. The highest BCUT2D eigenvalue weighted by molar-refractivity contribution is 5.82. The second-order valence-electron chi connectivity index (χ2n) is 6.90. The Balaban J connectivity index is 2.33. The first-order chi connectivity index (χ1) is 11.4. The van der Waals surface area contributed by atoms with Gasteiger partial charge in [-0.2, -0.15) is 0 Å². The Hall–Kier alpha value is -2.41. The molecule has 0 saturated heterocycles. The van der Waals surface area contributed by atoms with Gasteiger partial charge in [-0.15, -0.1) is 0 Å². The summed E-state index contributed by atoms with van der Waals surface area (Å²) in [4.78, 5) is 0. The van der Waals surface area contributed by atoms with Crippen molar-refractivity contribution in [2.45, 2.75) is 34.6 Å². The fourth-order valence-electron chi connectivity index (χ4n) is 3.85. The van der Waals surface area contributed by atoms with Crippen molar-refractivity contribution in [1.82, 2.24) is 0 Å². The molecular weight excluding hydrogens is 290 g/mol. The molecule has 3 rings (SSSR count). The zero-order valence-electron chi connectivity index (χ0n) is 15.6. The smallest absolute Gasteiger partial charge is 0.201 e. The summed E-state index contributed by atoms with van der Waals surface area (Å²) in [5.41, 5.74) is 12.0. The van der Waals surface area contributed by atoms with Crippen molar-refractivity contribution in [3.63, 3.8) is 0 Å². The van der Waals surface area contributed by atoms with Crippen LogP contribution < -0.4 is 4.57 Å². The van der Waals surface area contributed by atoms with Crippen molar-refractivity contribution in [2.24, 2.45) is 7.05 Å². The number of pyridine rings is 1. The van der Waals surface area contributed by atoms with Crippen molar-refractivity contribution < 1.29 is 4.57 Å². The van der Waals surface area contributed by atoms with Crippen LogP contribution in [0.3, 0.4) is 0 Å². The molecule has 0 atom stereocenters. The largest absolute Gasteiger partial charge is 0.212 e. The average molecular weight is 316 g/mol. The van der Waals surface area contributed by atoms with Crippen molar-refractivity contribution in [3.8, 4) is 22.4 Å². The van der Waals surface area contributed by atoms with Crippen LogP contribution in [-0.4, -0.2) is 0 Å². The highest BCUT2D eigenvalue weighted by atomic mass is 14.9. The van der Waals surface area contributed by atoms with Crippen LogP contribution in [0.4, 0.5) is 0 Å². The second kappa shape index (κ2) is 6.24. The molecule has 1 nitrogen and oxygen atoms in total. The highest BCUT2D eigenvalue weighted by Gasteiger charge is 2.20. The molecule has 0 aliphatic carbocycles. The van der Waals surface area contributed by atoms with Gasteiger partial charge in [0.15, 0.2) is 6.20 Å². The van der Waals surface area contributed by atoms with E-state index in [2.05, 4.69) is 94.9 Å². The number of benzene rings is 2. The molecule has 0 aliphatic rings. The Labute approximate surface area is 145 Å². The van der Waals surface area contributed by atoms with Gasteiger partial charge in [-0.1, -0.05) is 30.3 Å². The van der Waals surface area contributed by atoms with Gasteiger partial charge in [0.1, 0.15) is 7.05 Å². The van der Waals surface area contributed by atoms with Gasteiger partial charge >= 0.3 is 0 Å². The number of aryl methyl sites for hydroxylation is 5. The number of hydrogen-bond donors (Lipinski definition) is 0. The van der Waals surface area contributed by atoms with E-state index in [-0.39, 0.29) is 0 Å². The van der Waals surface area contributed by atoms with Crippen LogP contribution in [0.1, 0.15) is 27.8 Å².